The van der Waals surface area contributed by atoms with E-state index in [9.17, 15) is 10.1 Å². The van der Waals surface area contributed by atoms with E-state index in [1.807, 2.05) is 18.2 Å². The zero-order valence-electron chi connectivity index (χ0n) is 13.3. The average Bonchev–Trinajstić information content (AvgIpc) is 2.56. The quantitative estimate of drug-likeness (QED) is 0.878. The van der Waals surface area contributed by atoms with Crippen molar-refractivity contribution in [2.45, 2.75) is 51.1 Å². The Kier molecular flexibility index (Phi) is 5.97. The lowest BCUT2D eigenvalue weighted by Gasteiger charge is -2.32. The zero-order chi connectivity index (χ0) is 15.8. The molecule has 1 N–H and O–H groups in total. The van der Waals surface area contributed by atoms with Crippen molar-refractivity contribution in [3.63, 3.8) is 0 Å². The Morgan fingerprint density at radius 1 is 1.27 bits per heavy atom. The molecule has 1 aromatic carbocycles. The molecule has 1 saturated carbocycles. The third-order valence-electron chi connectivity index (χ3n) is 4.36. The number of amides is 1. The summed E-state index contributed by atoms with van der Waals surface area (Å²) < 4.78 is 0. The second-order valence-electron chi connectivity index (χ2n) is 6.09. The summed E-state index contributed by atoms with van der Waals surface area (Å²) in [4.78, 5) is 14.4. The predicted octanol–water partition coefficient (Wildman–Crippen LogP) is 2.85. The van der Waals surface area contributed by atoms with Crippen molar-refractivity contribution in [3.05, 3.63) is 35.9 Å². The van der Waals surface area contributed by atoms with Crippen LogP contribution in [0.4, 0.5) is 0 Å². The van der Waals surface area contributed by atoms with Crippen LogP contribution in [0.3, 0.4) is 0 Å². The lowest BCUT2D eigenvalue weighted by molar-refractivity contribution is -0.124. The average molecular weight is 299 g/mol. The molecule has 1 amide bonds. The Hall–Kier alpha value is -1.86. The molecule has 0 saturated heterocycles. The molecule has 1 aliphatic rings. The molecular weight excluding hydrogens is 274 g/mol. The topological polar surface area (TPSA) is 56.1 Å². The van der Waals surface area contributed by atoms with Crippen molar-refractivity contribution in [2.75, 3.05) is 13.1 Å². The fourth-order valence-corrected chi connectivity index (χ4v) is 3.05. The molecule has 2 rings (SSSR count). The lowest BCUT2D eigenvalue weighted by atomic mass is 9.83. The number of nitriles is 1. The highest BCUT2D eigenvalue weighted by Gasteiger charge is 2.33. The van der Waals surface area contributed by atoms with Gasteiger partial charge in [0.25, 0.3) is 0 Å². The van der Waals surface area contributed by atoms with E-state index in [0.29, 0.717) is 6.54 Å². The van der Waals surface area contributed by atoms with Crippen LogP contribution in [0.5, 0.6) is 0 Å². The Morgan fingerprint density at radius 3 is 2.55 bits per heavy atom. The standard InChI is InChI=1S/C18H25N3O/c1-2-21(13-16-9-5-3-6-10-16)14-17(22)20-18(15-19)11-7-4-8-12-18/h3,5-6,9-10H,2,4,7-8,11-14H2,1H3,(H,20,22). The van der Waals surface area contributed by atoms with E-state index in [1.165, 1.54) is 5.56 Å². The molecular formula is C18H25N3O. The van der Waals surface area contributed by atoms with Crippen molar-refractivity contribution < 1.29 is 4.79 Å². The van der Waals surface area contributed by atoms with Gasteiger partial charge in [-0.25, -0.2) is 0 Å². The van der Waals surface area contributed by atoms with E-state index < -0.39 is 5.54 Å². The van der Waals surface area contributed by atoms with Gasteiger partial charge < -0.3 is 5.32 Å². The molecule has 0 radical (unpaired) electrons. The van der Waals surface area contributed by atoms with Gasteiger partial charge in [-0.1, -0.05) is 56.5 Å². The first-order chi connectivity index (χ1) is 10.7. The zero-order valence-corrected chi connectivity index (χ0v) is 13.3. The number of likely N-dealkylation sites (N-methyl/N-ethyl adjacent to an activating group) is 1. The van der Waals surface area contributed by atoms with Gasteiger partial charge >= 0.3 is 0 Å². The van der Waals surface area contributed by atoms with Gasteiger partial charge in [-0.2, -0.15) is 5.26 Å². The van der Waals surface area contributed by atoms with E-state index in [0.717, 1.165) is 45.2 Å². The maximum Gasteiger partial charge on any atom is 0.235 e. The maximum absolute atomic E-state index is 12.3. The van der Waals surface area contributed by atoms with Gasteiger partial charge in [0.1, 0.15) is 5.54 Å². The van der Waals surface area contributed by atoms with Crippen LogP contribution in [0.25, 0.3) is 0 Å². The molecule has 0 spiro atoms. The first-order valence-corrected chi connectivity index (χ1v) is 8.16. The SMILES string of the molecule is CCN(CC(=O)NC1(C#N)CCCCC1)Cc1ccccc1. The number of hydrogen-bond acceptors (Lipinski definition) is 3. The second-order valence-corrected chi connectivity index (χ2v) is 6.09. The molecule has 0 heterocycles. The summed E-state index contributed by atoms with van der Waals surface area (Å²) in [6.07, 6.45) is 4.76. The monoisotopic (exact) mass is 299 g/mol. The number of nitrogens with zero attached hydrogens (tertiary/aromatic N) is 2. The van der Waals surface area contributed by atoms with Crippen molar-refractivity contribution in [1.82, 2.24) is 10.2 Å². The van der Waals surface area contributed by atoms with Crippen molar-refractivity contribution in [3.8, 4) is 6.07 Å². The smallest absolute Gasteiger partial charge is 0.235 e. The van der Waals surface area contributed by atoms with Crippen LogP contribution in [-0.2, 0) is 11.3 Å². The van der Waals surface area contributed by atoms with Crippen molar-refractivity contribution in [2.24, 2.45) is 0 Å². The number of carbonyl (C=O) groups is 1. The van der Waals surface area contributed by atoms with Crippen LogP contribution in [0.1, 0.15) is 44.6 Å². The van der Waals surface area contributed by atoms with Gasteiger partial charge in [-0.05, 0) is 24.9 Å². The summed E-state index contributed by atoms with van der Waals surface area (Å²) in [5, 5.41) is 12.4. The van der Waals surface area contributed by atoms with Crippen LogP contribution in [0.2, 0.25) is 0 Å². The maximum atomic E-state index is 12.3. The molecule has 1 aromatic rings. The molecule has 0 unspecified atom stereocenters. The Balaban J connectivity index is 1.90. The molecule has 1 fully saturated rings. The van der Waals surface area contributed by atoms with Crippen LogP contribution < -0.4 is 5.32 Å². The predicted molar refractivity (Wildman–Crippen MR) is 87.0 cm³/mol. The van der Waals surface area contributed by atoms with Gasteiger partial charge in [0.2, 0.25) is 5.91 Å². The first-order valence-electron chi connectivity index (χ1n) is 8.16. The summed E-state index contributed by atoms with van der Waals surface area (Å²) in [5.74, 6) is -0.0405. The van der Waals surface area contributed by atoms with Gasteiger partial charge in [-0.3, -0.25) is 9.69 Å². The summed E-state index contributed by atoms with van der Waals surface area (Å²) in [5.41, 5.74) is 0.561. The minimum Gasteiger partial charge on any atom is -0.337 e. The summed E-state index contributed by atoms with van der Waals surface area (Å²) in [6.45, 7) is 3.96. The van der Waals surface area contributed by atoms with E-state index >= 15 is 0 Å². The molecule has 0 aromatic heterocycles. The fraction of sp³-hybridized carbons (Fsp3) is 0.556. The van der Waals surface area contributed by atoms with E-state index in [2.05, 4.69) is 35.3 Å². The number of benzene rings is 1. The lowest BCUT2D eigenvalue weighted by Crippen LogP contribution is -2.51. The largest absolute Gasteiger partial charge is 0.337 e. The van der Waals surface area contributed by atoms with E-state index in [4.69, 9.17) is 0 Å². The van der Waals surface area contributed by atoms with Crippen molar-refractivity contribution >= 4 is 5.91 Å². The van der Waals surface area contributed by atoms with Gasteiger partial charge in [0, 0.05) is 6.54 Å². The molecule has 22 heavy (non-hydrogen) atoms. The first kappa shape index (κ1) is 16.5. The number of nitrogens with one attached hydrogen (secondary N) is 1. The number of rotatable bonds is 6. The van der Waals surface area contributed by atoms with Crippen LogP contribution >= 0.6 is 0 Å². The number of hydrogen-bond donors (Lipinski definition) is 1. The highest BCUT2D eigenvalue weighted by atomic mass is 16.2. The highest BCUT2D eigenvalue weighted by Crippen LogP contribution is 2.27. The number of carbonyl (C=O) groups excluding carboxylic acids is 1. The van der Waals surface area contributed by atoms with Crippen LogP contribution in [0.15, 0.2) is 30.3 Å². The Bertz CT molecular complexity index is 515. The molecule has 4 nitrogen and oxygen atoms in total. The minimum atomic E-state index is -0.637. The summed E-state index contributed by atoms with van der Waals surface area (Å²) >= 11 is 0. The van der Waals surface area contributed by atoms with Crippen molar-refractivity contribution in [1.29, 1.82) is 5.26 Å². The summed E-state index contributed by atoms with van der Waals surface area (Å²) in [7, 11) is 0. The fourth-order valence-electron chi connectivity index (χ4n) is 3.05. The van der Waals surface area contributed by atoms with E-state index in [1.54, 1.807) is 0 Å². The third-order valence-corrected chi connectivity index (χ3v) is 4.36. The van der Waals surface area contributed by atoms with Crippen LogP contribution in [0, 0.1) is 11.3 Å². The Morgan fingerprint density at radius 2 is 1.95 bits per heavy atom. The highest BCUT2D eigenvalue weighted by molar-refractivity contribution is 5.79. The molecule has 1 aliphatic carbocycles. The molecule has 0 atom stereocenters. The van der Waals surface area contributed by atoms with Gasteiger partial charge in [-0.15, -0.1) is 0 Å². The third kappa shape index (κ3) is 4.57. The molecule has 4 heteroatoms. The summed E-state index contributed by atoms with van der Waals surface area (Å²) in [6, 6.07) is 12.5. The van der Waals surface area contributed by atoms with Gasteiger partial charge in [0.15, 0.2) is 0 Å². The molecule has 0 aliphatic heterocycles. The van der Waals surface area contributed by atoms with Crippen LogP contribution in [-0.4, -0.2) is 29.4 Å². The molecule has 0 bridgehead atoms. The van der Waals surface area contributed by atoms with E-state index in [-0.39, 0.29) is 5.91 Å². The van der Waals surface area contributed by atoms with Gasteiger partial charge in [0.05, 0.1) is 12.6 Å². The molecule has 118 valence electrons. The Labute approximate surface area is 133 Å². The minimum absolute atomic E-state index is 0.0405. The second kappa shape index (κ2) is 7.95. The normalized spacial score (nSPS) is 17.0.